The molecule has 2 aromatic rings. The molecule has 2 unspecified atom stereocenters. The van der Waals surface area contributed by atoms with Crippen molar-refractivity contribution in [2.24, 2.45) is 0 Å². The van der Waals surface area contributed by atoms with Crippen LogP contribution in [-0.4, -0.2) is 55.7 Å². The number of hydrogen-bond donors (Lipinski definition) is 3. The van der Waals surface area contributed by atoms with Crippen molar-refractivity contribution in [3.63, 3.8) is 0 Å². The molecule has 118 valence electrons. The monoisotopic (exact) mass is 325 g/mol. The molecule has 0 radical (unpaired) electrons. The van der Waals surface area contributed by atoms with Crippen LogP contribution in [0.15, 0.2) is 12.5 Å². The van der Waals surface area contributed by atoms with Crippen molar-refractivity contribution in [2.75, 3.05) is 19.5 Å². The van der Waals surface area contributed by atoms with Gasteiger partial charge in [-0.1, -0.05) is 17.5 Å². The van der Waals surface area contributed by atoms with Crippen LogP contribution in [0.1, 0.15) is 6.92 Å². The zero-order chi connectivity index (χ0) is 16.3. The number of rotatable bonds is 5. The highest BCUT2D eigenvalue weighted by molar-refractivity contribution is 6.24. The molecule has 0 bridgehead atoms. The van der Waals surface area contributed by atoms with Gasteiger partial charge in [0.15, 0.2) is 5.65 Å². The van der Waals surface area contributed by atoms with Gasteiger partial charge < -0.3 is 20.7 Å². The fraction of sp³-hybridized carbons (Fsp3) is 0.462. The maximum Gasteiger partial charge on any atom is 0.222 e. The normalized spacial score (nSPS) is 16.6. The Hall–Kier alpha value is -1.92. The minimum atomic E-state index is -1.63. The third-order valence-corrected chi connectivity index (χ3v) is 3.69. The topological polar surface area (TPSA) is 119 Å². The first-order chi connectivity index (χ1) is 10.5. The molecule has 0 fully saturated rings. The number of aliphatic hydroxyl groups excluding tert-OH is 2. The van der Waals surface area contributed by atoms with Crippen molar-refractivity contribution in [1.82, 2.24) is 19.5 Å². The number of nitrogens with two attached hydrogens (primary N) is 1. The molecule has 3 atom stereocenters. The number of imidazole rings is 1. The number of nitrogens with zero attached hydrogens (tertiary/aromatic N) is 4. The molecule has 2 rings (SSSR count). The number of methoxy groups -OCH3 is 1. The van der Waals surface area contributed by atoms with E-state index < -0.39 is 23.8 Å². The van der Waals surface area contributed by atoms with E-state index in [9.17, 15) is 10.2 Å². The zero-order valence-corrected chi connectivity index (χ0v) is 12.8. The highest BCUT2D eigenvalue weighted by atomic mass is 35.5. The summed E-state index contributed by atoms with van der Waals surface area (Å²) in [5, 5.41) is 19.8. The Morgan fingerprint density at radius 1 is 1.55 bits per heavy atom. The van der Waals surface area contributed by atoms with E-state index in [4.69, 9.17) is 22.1 Å². The second kappa shape index (κ2) is 6.46. The van der Waals surface area contributed by atoms with Gasteiger partial charge in [-0.25, -0.2) is 9.97 Å². The van der Waals surface area contributed by atoms with Gasteiger partial charge in [-0.2, -0.15) is 4.98 Å². The van der Waals surface area contributed by atoms with Gasteiger partial charge in [0.2, 0.25) is 10.9 Å². The van der Waals surface area contributed by atoms with Crippen molar-refractivity contribution >= 4 is 28.7 Å². The van der Waals surface area contributed by atoms with E-state index >= 15 is 0 Å². The highest BCUT2D eigenvalue weighted by Crippen LogP contribution is 2.31. The Morgan fingerprint density at radius 2 is 2.27 bits per heavy atom. The standard InChI is InChI=1S/C13H16ClN5O3/c1-3-4-13(14,10(21)9(6-20)22-2)19-7-17-8-5-16-12(15)18-11(8)19/h5,7,9-10,20-21H,6H2,1-2H3,(H2,15,16,18)/t9?,10?,13-/m0/s1. The van der Waals surface area contributed by atoms with Gasteiger partial charge in [-0.3, -0.25) is 4.57 Å². The van der Waals surface area contributed by atoms with E-state index in [2.05, 4.69) is 26.8 Å². The highest BCUT2D eigenvalue weighted by Gasteiger charge is 2.42. The van der Waals surface area contributed by atoms with Crippen molar-refractivity contribution in [2.45, 2.75) is 24.1 Å². The fourth-order valence-electron chi connectivity index (χ4n) is 2.06. The average molecular weight is 326 g/mol. The van der Waals surface area contributed by atoms with Crippen molar-refractivity contribution in [3.8, 4) is 11.8 Å². The summed E-state index contributed by atoms with van der Waals surface area (Å²) in [6.07, 6.45) is 0.542. The molecule has 4 N–H and O–H groups in total. The van der Waals surface area contributed by atoms with Gasteiger partial charge >= 0.3 is 0 Å². The smallest absolute Gasteiger partial charge is 0.222 e. The van der Waals surface area contributed by atoms with Crippen molar-refractivity contribution in [1.29, 1.82) is 0 Å². The van der Waals surface area contributed by atoms with Gasteiger partial charge in [-0.05, 0) is 6.92 Å². The molecular weight excluding hydrogens is 310 g/mol. The Morgan fingerprint density at radius 3 is 2.86 bits per heavy atom. The van der Waals surface area contributed by atoms with E-state index in [0.717, 1.165) is 0 Å². The number of ether oxygens (including phenoxy) is 1. The van der Waals surface area contributed by atoms with Crippen molar-refractivity contribution < 1.29 is 14.9 Å². The number of alkyl halides is 1. The second-order valence-electron chi connectivity index (χ2n) is 4.50. The molecule has 0 spiro atoms. The molecule has 0 aliphatic heterocycles. The predicted molar refractivity (Wildman–Crippen MR) is 80.9 cm³/mol. The van der Waals surface area contributed by atoms with Crippen LogP contribution in [0.3, 0.4) is 0 Å². The van der Waals surface area contributed by atoms with Crippen molar-refractivity contribution in [3.05, 3.63) is 12.5 Å². The molecule has 8 nitrogen and oxygen atoms in total. The maximum atomic E-state index is 10.5. The fourth-order valence-corrected chi connectivity index (χ4v) is 2.42. The lowest BCUT2D eigenvalue weighted by Crippen LogP contribution is -2.48. The van der Waals surface area contributed by atoms with Crippen LogP contribution in [0.2, 0.25) is 0 Å². The summed E-state index contributed by atoms with van der Waals surface area (Å²) >= 11 is 6.55. The predicted octanol–water partition coefficient (Wildman–Crippen LogP) is -0.308. The van der Waals surface area contributed by atoms with Crippen LogP contribution >= 0.6 is 11.6 Å². The first kappa shape index (κ1) is 16.5. The SMILES string of the molecule is CC#C[C@@](Cl)(C(O)C(CO)OC)n1cnc2cnc(N)nc21. The summed E-state index contributed by atoms with van der Waals surface area (Å²) in [4.78, 5) is 10.4. The third-order valence-electron chi connectivity index (χ3n) is 3.19. The van der Waals surface area contributed by atoms with Crippen LogP contribution in [-0.2, 0) is 9.73 Å². The Balaban J connectivity index is 2.62. The average Bonchev–Trinajstić information content (AvgIpc) is 2.92. The van der Waals surface area contributed by atoms with Crippen LogP contribution in [0.25, 0.3) is 11.2 Å². The second-order valence-corrected chi connectivity index (χ2v) is 5.08. The molecule has 0 amide bonds. The summed E-state index contributed by atoms with van der Waals surface area (Å²) in [6.45, 7) is 1.15. The lowest BCUT2D eigenvalue weighted by atomic mass is 10.0. The molecule has 2 aromatic heterocycles. The summed E-state index contributed by atoms with van der Waals surface area (Å²) in [6, 6.07) is 0. The molecule has 0 saturated carbocycles. The van der Waals surface area contributed by atoms with Gasteiger partial charge in [0.05, 0.1) is 19.1 Å². The Labute approximate surface area is 131 Å². The number of aliphatic hydroxyl groups is 2. The maximum absolute atomic E-state index is 10.5. The van der Waals surface area contributed by atoms with Crippen LogP contribution < -0.4 is 5.73 Å². The van der Waals surface area contributed by atoms with Gasteiger partial charge in [0.1, 0.15) is 17.7 Å². The number of fused-ring (bicyclic) bond motifs is 1. The van der Waals surface area contributed by atoms with E-state index in [-0.39, 0.29) is 5.95 Å². The van der Waals surface area contributed by atoms with Gasteiger partial charge in [0.25, 0.3) is 0 Å². The quantitative estimate of drug-likeness (QED) is 0.509. The zero-order valence-electron chi connectivity index (χ0n) is 12.1. The molecule has 0 aromatic carbocycles. The number of aromatic nitrogens is 4. The molecule has 22 heavy (non-hydrogen) atoms. The number of hydrogen-bond acceptors (Lipinski definition) is 7. The Kier molecular flexibility index (Phi) is 4.83. The van der Waals surface area contributed by atoms with Crippen LogP contribution in [0, 0.1) is 11.8 Å². The van der Waals surface area contributed by atoms with E-state index in [1.54, 1.807) is 6.92 Å². The van der Waals surface area contributed by atoms with Gasteiger partial charge in [0, 0.05) is 7.11 Å². The lowest BCUT2D eigenvalue weighted by molar-refractivity contribution is -0.0609. The molecule has 2 heterocycles. The molecule has 0 aliphatic carbocycles. The summed E-state index contributed by atoms with van der Waals surface area (Å²) in [5.74, 6) is 5.41. The molecular formula is C13H16ClN5O3. The van der Waals surface area contributed by atoms with E-state index in [0.29, 0.717) is 11.2 Å². The minimum absolute atomic E-state index is 0.0395. The molecule has 0 saturated heterocycles. The van der Waals surface area contributed by atoms with Gasteiger partial charge in [-0.15, -0.1) is 5.92 Å². The molecule has 0 aliphatic rings. The summed E-state index contributed by atoms with van der Waals surface area (Å²) in [5.41, 5.74) is 6.35. The first-order valence-corrected chi connectivity index (χ1v) is 6.76. The molecule has 9 heteroatoms. The summed E-state index contributed by atoms with van der Waals surface area (Å²) in [7, 11) is 1.35. The largest absolute Gasteiger partial charge is 0.394 e. The number of halogens is 1. The number of anilines is 1. The minimum Gasteiger partial charge on any atom is -0.394 e. The van der Waals surface area contributed by atoms with E-state index in [1.807, 2.05) is 0 Å². The Bertz CT molecular complexity index is 721. The van der Waals surface area contributed by atoms with E-state index in [1.165, 1.54) is 24.2 Å². The lowest BCUT2D eigenvalue weighted by Gasteiger charge is -2.32. The third kappa shape index (κ3) is 2.71. The van der Waals surface area contributed by atoms with Crippen LogP contribution in [0.5, 0.6) is 0 Å². The number of nitrogen functional groups attached to an aromatic ring is 1. The van der Waals surface area contributed by atoms with Crippen LogP contribution in [0.4, 0.5) is 5.95 Å². The first-order valence-electron chi connectivity index (χ1n) is 6.38. The summed E-state index contributed by atoms with van der Waals surface area (Å²) < 4.78 is 6.42.